The van der Waals surface area contributed by atoms with E-state index in [4.69, 9.17) is 14.0 Å². The summed E-state index contributed by atoms with van der Waals surface area (Å²) in [5, 5.41) is 0. The highest BCUT2D eigenvalue weighted by atomic mass is 16.7. The van der Waals surface area contributed by atoms with Crippen LogP contribution < -0.4 is 5.46 Å². The average molecular weight is 413 g/mol. The number of hydrogen-bond acceptors (Lipinski definition) is 4. The van der Waals surface area contributed by atoms with Crippen molar-refractivity contribution in [3.05, 3.63) is 35.9 Å². The van der Waals surface area contributed by atoms with Gasteiger partial charge in [0.2, 0.25) is 0 Å². The maximum Gasteiger partial charge on any atom is 0.494 e. The highest BCUT2D eigenvalue weighted by molar-refractivity contribution is 6.62. The van der Waals surface area contributed by atoms with E-state index in [2.05, 4.69) is 64.1 Å². The zero-order valence-corrected chi connectivity index (χ0v) is 19.5. The Labute approximate surface area is 181 Å². The Hall–Kier alpha value is -1.79. The summed E-state index contributed by atoms with van der Waals surface area (Å²) in [5.74, 6) is 0.478. The third kappa shape index (κ3) is 5.47. The largest absolute Gasteiger partial charge is 0.494 e. The molecule has 0 atom stereocenters. The van der Waals surface area contributed by atoms with E-state index >= 15 is 0 Å². The molecule has 2 fully saturated rings. The zero-order valence-electron chi connectivity index (χ0n) is 19.5. The molecule has 0 aliphatic carbocycles. The number of nitrogens with zero attached hydrogens (tertiary/aromatic N) is 1. The SMILES string of the molecule is CC(C)(C)OC(=O)N1CCC(/C=C/c2ccc(B3OC(C)(C)C(C)(C)O3)cc2)CC1. The van der Waals surface area contributed by atoms with E-state index in [1.807, 2.05) is 25.7 Å². The molecule has 1 aromatic rings. The lowest BCUT2D eigenvalue weighted by Crippen LogP contribution is -2.41. The summed E-state index contributed by atoms with van der Waals surface area (Å²) in [6, 6.07) is 8.36. The summed E-state index contributed by atoms with van der Waals surface area (Å²) in [7, 11) is -0.329. The molecule has 6 heteroatoms. The fourth-order valence-electron chi connectivity index (χ4n) is 3.59. The van der Waals surface area contributed by atoms with Crippen LogP contribution in [0.2, 0.25) is 0 Å². The van der Waals surface area contributed by atoms with Crippen molar-refractivity contribution in [1.82, 2.24) is 4.90 Å². The molecular weight excluding hydrogens is 377 g/mol. The van der Waals surface area contributed by atoms with Crippen LogP contribution in [0.4, 0.5) is 4.79 Å². The topological polar surface area (TPSA) is 48.0 Å². The Morgan fingerprint density at radius 2 is 1.60 bits per heavy atom. The molecule has 1 amide bonds. The molecule has 2 aliphatic heterocycles. The van der Waals surface area contributed by atoms with Gasteiger partial charge >= 0.3 is 13.2 Å². The number of likely N-dealkylation sites (tertiary alicyclic amines) is 1. The van der Waals surface area contributed by atoms with E-state index in [-0.39, 0.29) is 24.4 Å². The van der Waals surface area contributed by atoms with Gasteiger partial charge in [0.1, 0.15) is 5.60 Å². The summed E-state index contributed by atoms with van der Waals surface area (Å²) < 4.78 is 17.7. The van der Waals surface area contributed by atoms with E-state index < -0.39 is 5.60 Å². The molecule has 1 aromatic carbocycles. The summed E-state index contributed by atoms with van der Waals surface area (Å²) in [4.78, 5) is 14.0. The van der Waals surface area contributed by atoms with E-state index in [1.165, 1.54) is 0 Å². The number of ether oxygens (including phenoxy) is 1. The molecule has 0 N–H and O–H groups in total. The Morgan fingerprint density at radius 3 is 2.10 bits per heavy atom. The van der Waals surface area contributed by atoms with Crippen molar-refractivity contribution in [3.63, 3.8) is 0 Å². The van der Waals surface area contributed by atoms with Crippen molar-refractivity contribution in [1.29, 1.82) is 0 Å². The summed E-state index contributed by atoms with van der Waals surface area (Å²) in [6.07, 6.45) is 6.14. The van der Waals surface area contributed by atoms with E-state index in [0.29, 0.717) is 5.92 Å². The molecule has 5 nitrogen and oxygen atoms in total. The molecule has 2 saturated heterocycles. The molecule has 2 heterocycles. The predicted octanol–water partition coefficient (Wildman–Crippen LogP) is 4.65. The lowest BCUT2D eigenvalue weighted by Gasteiger charge is -2.32. The third-order valence-electron chi connectivity index (χ3n) is 6.21. The maximum atomic E-state index is 12.2. The third-order valence-corrected chi connectivity index (χ3v) is 6.21. The monoisotopic (exact) mass is 413 g/mol. The summed E-state index contributed by atoms with van der Waals surface area (Å²) in [6.45, 7) is 15.5. The number of hydrogen-bond donors (Lipinski definition) is 0. The van der Waals surface area contributed by atoms with Gasteiger partial charge in [0.25, 0.3) is 0 Å². The average Bonchev–Trinajstić information content (AvgIpc) is 2.87. The lowest BCUT2D eigenvalue weighted by atomic mass is 9.79. The van der Waals surface area contributed by atoms with E-state index in [1.54, 1.807) is 0 Å². The summed E-state index contributed by atoms with van der Waals surface area (Å²) >= 11 is 0. The number of piperidine rings is 1. The molecule has 3 rings (SSSR count). The van der Waals surface area contributed by atoms with Crippen molar-refractivity contribution >= 4 is 24.8 Å². The maximum absolute atomic E-state index is 12.2. The van der Waals surface area contributed by atoms with Gasteiger partial charge < -0.3 is 18.9 Å². The van der Waals surface area contributed by atoms with Gasteiger partial charge in [-0.15, -0.1) is 0 Å². The minimum Gasteiger partial charge on any atom is -0.444 e. The fourth-order valence-corrected chi connectivity index (χ4v) is 3.59. The molecule has 164 valence electrons. The van der Waals surface area contributed by atoms with E-state index in [9.17, 15) is 4.79 Å². The van der Waals surface area contributed by atoms with Gasteiger partial charge in [-0.1, -0.05) is 36.4 Å². The first-order valence-corrected chi connectivity index (χ1v) is 11.0. The highest BCUT2D eigenvalue weighted by Crippen LogP contribution is 2.36. The van der Waals surface area contributed by atoms with Crippen LogP contribution in [0.15, 0.2) is 30.3 Å². The smallest absolute Gasteiger partial charge is 0.444 e. The van der Waals surface area contributed by atoms with Crippen LogP contribution in [0, 0.1) is 5.92 Å². The Balaban J connectivity index is 1.51. The molecule has 0 radical (unpaired) electrons. The van der Waals surface area contributed by atoms with Crippen LogP contribution in [0.1, 0.15) is 66.9 Å². The molecule has 0 spiro atoms. The normalized spacial score (nSPS) is 22.0. The fraction of sp³-hybridized carbons (Fsp3) is 0.625. The molecule has 2 aliphatic rings. The second kappa shape index (κ2) is 8.39. The van der Waals surface area contributed by atoms with Crippen molar-refractivity contribution in [2.45, 2.75) is 78.1 Å². The minimum atomic E-state index is -0.444. The molecule has 30 heavy (non-hydrogen) atoms. The number of allylic oxidation sites excluding steroid dienone is 1. The second-order valence-electron chi connectivity index (χ2n) is 10.4. The molecule has 0 aromatic heterocycles. The van der Waals surface area contributed by atoms with Gasteiger partial charge in [-0.05, 0) is 78.3 Å². The predicted molar refractivity (Wildman–Crippen MR) is 122 cm³/mol. The first-order valence-electron chi connectivity index (χ1n) is 11.0. The van der Waals surface area contributed by atoms with Crippen LogP contribution in [-0.4, -0.2) is 48.0 Å². The van der Waals surface area contributed by atoms with Gasteiger partial charge in [0.05, 0.1) is 11.2 Å². The number of benzene rings is 1. The quantitative estimate of drug-likeness (QED) is 0.677. The Kier molecular flexibility index (Phi) is 6.40. The van der Waals surface area contributed by atoms with Crippen LogP contribution in [0.25, 0.3) is 6.08 Å². The van der Waals surface area contributed by atoms with Gasteiger partial charge in [0.15, 0.2) is 0 Å². The standard InChI is InChI=1S/C24H36BNO4/c1-22(2,3)28-21(27)26-16-14-19(15-17-26)9-8-18-10-12-20(13-11-18)25-29-23(4,5)24(6,7)30-25/h8-13,19H,14-17H2,1-7H3/b9-8+. The lowest BCUT2D eigenvalue weighted by molar-refractivity contribution is 0.00578. The molecule has 0 unspecified atom stereocenters. The number of carbonyl (C=O) groups excluding carboxylic acids is 1. The van der Waals surface area contributed by atoms with Gasteiger partial charge in [-0.2, -0.15) is 0 Å². The van der Waals surface area contributed by atoms with Gasteiger partial charge in [-0.25, -0.2) is 4.79 Å². The molecular formula is C24H36BNO4. The second-order valence-corrected chi connectivity index (χ2v) is 10.4. The molecule has 0 saturated carbocycles. The van der Waals surface area contributed by atoms with Gasteiger partial charge in [0, 0.05) is 13.1 Å². The van der Waals surface area contributed by atoms with Crippen LogP contribution in [0.3, 0.4) is 0 Å². The first kappa shape index (κ1) is 22.9. The Bertz CT molecular complexity index is 755. The number of rotatable bonds is 3. The van der Waals surface area contributed by atoms with Crippen LogP contribution in [-0.2, 0) is 14.0 Å². The Morgan fingerprint density at radius 1 is 1.07 bits per heavy atom. The van der Waals surface area contributed by atoms with Crippen molar-refractivity contribution < 1.29 is 18.8 Å². The highest BCUT2D eigenvalue weighted by Gasteiger charge is 2.51. The van der Waals surface area contributed by atoms with Crippen LogP contribution >= 0.6 is 0 Å². The summed E-state index contributed by atoms with van der Waals surface area (Å²) in [5.41, 5.74) is 1.09. The number of carbonyl (C=O) groups is 1. The van der Waals surface area contributed by atoms with Crippen LogP contribution in [0.5, 0.6) is 0 Å². The van der Waals surface area contributed by atoms with E-state index in [0.717, 1.165) is 37.0 Å². The first-order chi connectivity index (χ1) is 13.9. The van der Waals surface area contributed by atoms with Crippen molar-refractivity contribution in [3.8, 4) is 0 Å². The minimum absolute atomic E-state index is 0.205. The zero-order chi connectivity index (χ0) is 22.2. The number of amides is 1. The molecule has 0 bridgehead atoms. The van der Waals surface area contributed by atoms with Crippen molar-refractivity contribution in [2.24, 2.45) is 5.92 Å². The van der Waals surface area contributed by atoms with Crippen molar-refractivity contribution in [2.75, 3.05) is 13.1 Å². The van der Waals surface area contributed by atoms with Gasteiger partial charge in [-0.3, -0.25) is 0 Å².